The summed E-state index contributed by atoms with van der Waals surface area (Å²) in [6, 6.07) is 12.1. The monoisotopic (exact) mass is 532 g/mol. The predicted octanol–water partition coefficient (Wildman–Crippen LogP) is 7.89. The van der Waals surface area contributed by atoms with Crippen molar-refractivity contribution in [1.82, 2.24) is 0 Å². The molecule has 2 aromatic rings. The van der Waals surface area contributed by atoms with Gasteiger partial charge < -0.3 is 14.2 Å². The van der Waals surface area contributed by atoms with Crippen LogP contribution < -0.4 is 4.74 Å². The van der Waals surface area contributed by atoms with Gasteiger partial charge in [0.2, 0.25) is 0 Å². The largest absolute Gasteiger partial charge is 0.496 e. The van der Waals surface area contributed by atoms with Crippen LogP contribution in [0.2, 0.25) is 0 Å². The molecular weight excluding hydrogens is 496 g/mol. The third kappa shape index (κ3) is 9.88. The standard InChI is InChI=1S/C28H37BrO5/c1-3-4-5-6-7-8-9-10-11-14-19-33-27(30)24-15-12-13-16-25(24)28(31)34-21-22-20-23(29)17-18-26(22)32-2/h12-13,15-18,20H,3-11,14,19,21H2,1-2H3. The van der Waals surface area contributed by atoms with Crippen molar-refractivity contribution in [2.45, 2.75) is 77.7 Å². The van der Waals surface area contributed by atoms with Gasteiger partial charge in [0.1, 0.15) is 12.4 Å². The van der Waals surface area contributed by atoms with Crippen LogP contribution in [-0.2, 0) is 16.1 Å². The lowest BCUT2D eigenvalue weighted by atomic mass is 10.1. The van der Waals surface area contributed by atoms with Gasteiger partial charge in [-0.15, -0.1) is 0 Å². The third-order valence-corrected chi connectivity index (χ3v) is 6.19. The molecule has 0 aromatic heterocycles. The molecule has 0 heterocycles. The molecule has 0 aliphatic heterocycles. The number of rotatable bonds is 16. The number of hydrogen-bond donors (Lipinski definition) is 0. The van der Waals surface area contributed by atoms with E-state index in [2.05, 4.69) is 22.9 Å². The molecule has 2 aromatic carbocycles. The topological polar surface area (TPSA) is 61.8 Å². The number of carbonyl (C=O) groups is 2. The van der Waals surface area contributed by atoms with Crippen LogP contribution in [-0.4, -0.2) is 25.7 Å². The van der Waals surface area contributed by atoms with Gasteiger partial charge in [-0.05, 0) is 36.8 Å². The molecule has 0 N–H and O–H groups in total. The summed E-state index contributed by atoms with van der Waals surface area (Å²) in [7, 11) is 1.56. The van der Waals surface area contributed by atoms with E-state index >= 15 is 0 Å². The Kier molecular flexibility index (Phi) is 13.4. The lowest BCUT2D eigenvalue weighted by Crippen LogP contribution is -2.14. The van der Waals surface area contributed by atoms with Crippen LogP contribution in [0.4, 0.5) is 0 Å². The van der Waals surface area contributed by atoms with E-state index < -0.39 is 11.9 Å². The fourth-order valence-electron chi connectivity index (χ4n) is 3.75. The maximum Gasteiger partial charge on any atom is 0.339 e. The molecule has 0 amide bonds. The molecule has 0 radical (unpaired) electrons. The molecule has 0 unspecified atom stereocenters. The second-order valence-electron chi connectivity index (χ2n) is 8.40. The van der Waals surface area contributed by atoms with Crippen LogP contribution in [0.15, 0.2) is 46.9 Å². The van der Waals surface area contributed by atoms with Gasteiger partial charge in [0, 0.05) is 10.0 Å². The van der Waals surface area contributed by atoms with Gasteiger partial charge in [-0.25, -0.2) is 9.59 Å². The summed E-state index contributed by atoms with van der Waals surface area (Å²) >= 11 is 3.41. The van der Waals surface area contributed by atoms with Crippen molar-refractivity contribution in [3.8, 4) is 5.75 Å². The second kappa shape index (κ2) is 16.3. The maximum atomic E-state index is 12.7. The Morgan fingerprint density at radius 1 is 0.765 bits per heavy atom. The minimum absolute atomic E-state index is 0.0312. The zero-order valence-electron chi connectivity index (χ0n) is 20.4. The maximum absolute atomic E-state index is 12.7. The van der Waals surface area contributed by atoms with Crippen molar-refractivity contribution in [3.05, 3.63) is 63.6 Å². The minimum atomic E-state index is -0.575. The van der Waals surface area contributed by atoms with Crippen molar-refractivity contribution in [2.75, 3.05) is 13.7 Å². The van der Waals surface area contributed by atoms with Gasteiger partial charge in [-0.1, -0.05) is 92.8 Å². The summed E-state index contributed by atoms with van der Waals surface area (Å²) in [6.07, 6.45) is 12.2. The minimum Gasteiger partial charge on any atom is -0.496 e. The quantitative estimate of drug-likeness (QED) is 0.162. The Morgan fingerprint density at radius 2 is 1.32 bits per heavy atom. The average molecular weight is 534 g/mol. The molecule has 0 saturated heterocycles. The van der Waals surface area contributed by atoms with Gasteiger partial charge in [0.05, 0.1) is 24.8 Å². The number of hydrogen-bond acceptors (Lipinski definition) is 5. The fraction of sp³-hybridized carbons (Fsp3) is 0.500. The Hall–Kier alpha value is -2.34. The van der Waals surface area contributed by atoms with E-state index in [4.69, 9.17) is 14.2 Å². The number of methoxy groups -OCH3 is 1. The highest BCUT2D eigenvalue weighted by Crippen LogP contribution is 2.24. The molecule has 6 heteroatoms. The normalized spacial score (nSPS) is 10.7. The molecule has 34 heavy (non-hydrogen) atoms. The summed E-state index contributed by atoms with van der Waals surface area (Å²) in [5, 5.41) is 0. The number of benzene rings is 2. The number of ether oxygens (including phenoxy) is 3. The van der Waals surface area contributed by atoms with Crippen LogP contribution in [0.5, 0.6) is 5.75 Å². The lowest BCUT2D eigenvalue weighted by molar-refractivity contribution is 0.0434. The van der Waals surface area contributed by atoms with Crippen molar-refractivity contribution in [1.29, 1.82) is 0 Å². The molecule has 2 rings (SSSR count). The van der Waals surface area contributed by atoms with Gasteiger partial charge >= 0.3 is 11.9 Å². The molecule has 0 saturated carbocycles. The number of carbonyl (C=O) groups excluding carboxylic acids is 2. The molecule has 5 nitrogen and oxygen atoms in total. The third-order valence-electron chi connectivity index (χ3n) is 5.70. The lowest BCUT2D eigenvalue weighted by Gasteiger charge is -2.12. The molecule has 0 aliphatic rings. The highest BCUT2D eigenvalue weighted by atomic mass is 79.9. The fourth-order valence-corrected chi connectivity index (χ4v) is 4.16. The molecule has 186 valence electrons. The highest BCUT2D eigenvalue weighted by molar-refractivity contribution is 9.10. The molecule has 0 aliphatic carbocycles. The van der Waals surface area contributed by atoms with E-state index in [1.54, 1.807) is 37.4 Å². The second-order valence-corrected chi connectivity index (χ2v) is 9.31. The summed E-state index contributed by atoms with van der Waals surface area (Å²) in [6.45, 7) is 2.62. The van der Waals surface area contributed by atoms with E-state index in [0.717, 1.165) is 29.3 Å². The van der Waals surface area contributed by atoms with Crippen LogP contribution in [0.25, 0.3) is 0 Å². The Morgan fingerprint density at radius 3 is 1.91 bits per heavy atom. The first-order valence-corrected chi connectivity index (χ1v) is 13.1. The predicted molar refractivity (Wildman–Crippen MR) is 138 cm³/mol. The number of unbranched alkanes of at least 4 members (excludes halogenated alkanes) is 9. The molecule has 0 spiro atoms. The van der Waals surface area contributed by atoms with Gasteiger partial charge in [-0.2, -0.15) is 0 Å². The average Bonchev–Trinajstić information content (AvgIpc) is 2.85. The van der Waals surface area contributed by atoms with Crippen molar-refractivity contribution in [3.63, 3.8) is 0 Å². The first-order valence-electron chi connectivity index (χ1n) is 12.3. The van der Waals surface area contributed by atoms with Crippen LogP contribution >= 0.6 is 15.9 Å². The first-order chi connectivity index (χ1) is 16.6. The van der Waals surface area contributed by atoms with Crippen LogP contribution in [0, 0.1) is 0 Å². The number of halogens is 1. The Bertz CT molecular complexity index is 896. The Balaban J connectivity index is 1.76. The summed E-state index contributed by atoms with van der Waals surface area (Å²) in [4.78, 5) is 25.3. The smallest absolute Gasteiger partial charge is 0.339 e. The molecule has 0 atom stereocenters. The molecule has 0 fully saturated rings. The van der Waals surface area contributed by atoms with E-state index in [0.29, 0.717) is 12.4 Å². The van der Waals surface area contributed by atoms with Crippen LogP contribution in [0.1, 0.15) is 97.4 Å². The van der Waals surface area contributed by atoms with E-state index in [-0.39, 0.29) is 17.7 Å². The van der Waals surface area contributed by atoms with Gasteiger partial charge in [0.25, 0.3) is 0 Å². The summed E-state index contributed by atoms with van der Waals surface area (Å²) in [5.41, 5.74) is 1.15. The SMILES string of the molecule is CCCCCCCCCCCCOC(=O)c1ccccc1C(=O)OCc1cc(Br)ccc1OC. The first kappa shape index (κ1) is 27.9. The van der Waals surface area contributed by atoms with Crippen molar-refractivity contribution in [2.24, 2.45) is 0 Å². The van der Waals surface area contributed by atoms with E-state index in [1.807, 2.05) is 12.1 Å². The Labute approximate surface area is 212 Å². The molecule has 0 bridgehead atoms. The summed E-state index contributed by atoms with van der Waals surface area (Å²) in [5.74, 6) is -0.447. The summed E-state index contributed by atoms with van der Waals surface area (Å²) < 4.78 is 17.1. The zero-order chi connectivity index (χ0) is 24.6. The highest BCUT2D eigenvalue weighted by Gasteiger charge is 2.19. The van der Waals surface area contributed by atoms with Gasteiger partial charge in [-0.3, -0.25) is 0 Å². The van der Waals surface area contributed by atoms with Crippen LogP contribution in [0.3, 0.4) is 0 Å². The zero-order valence-corrected chi connectivity index (χ0v) is 22.0. The van der Waals surface area contributed by atoms with Gasteiger partial charge in [0.15, 0.2) is 0 Å². The van der Waals surface area contributed by atoms with E-state index in [1.165, 1.54) is 44.9 Å². The van der Waals surface area contributed by atoms with E-state index in [9.17, 15) is 9.59 Å². The van der Waals surface area contributed by atoms with Crippen molar-refractivity contribution >= 4 is 27.9 Å². The van der Waals surface area contributed by atoms with Crippen molar-refractivity contribution < 1.29 is 23.8 Å². The molecular formula is C28H37BrO5. The number of esters is 2.